The Labute approximate surface area is 103 Å². The van der Waals surface area contributed by atoms with Gasteiger partial charge < -0.3 is 15.1 Å². The van der Waals surface area contributed by atoms with Crippen LogP contribution < -0.4 is 5.32 Å². The Kier molecular flexibility index (Phi) is 4.14. The van der Waals surface area contributed by atoms with E-state index in [9.17, 15) is 9.59 Å². The third-order valence-corrected chi connectivity index (χ3v) is 3.17. The summed E-state index contributed by atoms with van der Waals surface area (Å²) in [6, 6.07) is 0.269. The van der Waals surface area contributed by atoms with Gasteiger partial charge in [-0.25, -0.2) is 0 Å². The number of nitrogens with one attached hydrogen (secondary N) is 1. The summed E-state index contributed by atoms with van der Waals surface area (Å²) in [5.74, 6) is -0.00760. The lowest BCUT2D eigenvalue weighted by Gasteiger charge is -2.44. The molecule has 0 aliphatic carbocycles. The molecule has 17 heavy (non-hydrogen) atoms. The van der Waals surface area contributed by atoms with Gasteiger partial charge in [0.15, 0.2) is 0 Å². The number of carbonyl (C=O) groups excluding carboxylic acids is 2. The van der Waals surface area contributed by atoms with E-state index in [1.54, 1.807) is 30.7 Å². The number of piperazine rings is 1. The van der Waals surface area contributed by atoms with Gasteiger partial charge in [0.2, 0.25) is 11.8 Å². The van der Waals surface area contributed by atoms with Gasteiger partial charge in [-0.05, 0) is 13.8 Å². The van der Waals surface area contributed by atoms with Crippen molar-refractivity contribution >= 4 is 11.8 Å². The van der Waals surface area contributed by atoms with Crippen LogP contribution >= 0.6 is 0 Å². The number of hydrogen-bond acceptors (Lipinski definition) is 3. The van der Waals surface area contributed by atoms with Crippen molar-refractivity contribution in [2.45, 2.75) is 39.3 Å². The molecule has 0 aromatic rings. The smallest absolute Gasteiger partial charge is 0.247 e. The summed E-state index contributed by atoms with van der Waals surface area (Å²) in [6.45, 7) is 9.10. The Bertz CT molecular complexity index is 313. The molecule has 1 aliphatic rings. The van der Waals surface area contributed by atoms with Crippen molar-refractivity contribution in [2.24, 2.45) is 0 Å². The van der Waals surface area contributed by atoms with Crippen LogP contribution in [0.3, 0.4) is 0 Å². The van der Waals surface area contributed by atoms with Gasteiger partial charge >= 0.3 is 0 Å². The van der Waals surface area contributed by atoms with Crippen LogP contribution in [0.5, 0.6) is 0 Å². The summed E-state index contributed by atoms with van der Waals surface area (Å²) in [6.07, 6.45) is 0. The number of likely N-dealkylation sites (N-methyl/N-ethyl adjacent to an activating group) is 1. The molecule has 5 nitrogen and oxygen atoms in total. The molecule has 0 aromatic carbocycles. The van der Waals surface area contributed by atoms with Crippen molar-refractivity contribution in [2.75, 3.05) is 26.7 Å². The molecule has 0 saturated carbocycles. The monoisotopic (exact) mass is 241 g/mol. The number of amides is 2. The lowest BCUT2D eigenvalue weighted by molar-refractivity contribution is -0.156. The molecule has 0 aromatic heterocycles. The van der Waals surface area contributed by atoms with E-state index in [2.05, 4.69) is 5.32 Å². The quantitative estimate of drug-likeness (QED) is 0.760. The molecule has 1 aliphatic heterocycles. The van der Waals surface area contributed by atoms with Crippen molar-refractivity contribution in [3.8, 4) is 0 Å². The first-order chi connectivity index (χ1) is 7.76. The predicted molar refractivity (Wildman–Crippen MR) is 66.6 cm³/mol. The van der Waals surface area contributed by atoms with Crippen LogP contribution in [0.2, 0.25) is 0 Å². The van der Waals surface area contributed by atoms with Crippen molar-refractivity contribution in [1.29, 1.82) is 0 Å². The first kappa shape index (κ1) is 14.0. The zero-order valence-corrected chi connectivity index (χ0v) is 11.4. The molecular formula is C12H23N3O2. The summed E-state index contributed by atoms with van der Waals surface area (Å²) in [5.41, 5.74) is -0.733. The van der Waals surface area contributed by atoms with E-state index in [-0.39, 0.29) is 24.4 Å². The largest absolute Gasteiger partial charge is 0.342 e. The normalized spacial score (nSPS) is 20.0. The van der Waals surface area contributed by atoms with Gasteiger partial charge in [-0.3, -0.25) is 9.59 Å². The molecule has 0 spiro atoms. The van der Waals surface area contributed by atoms with E-state index in [0.717, 1.165) is 0 Å². The minimum absolute atomic E-state index is 0.00152. The predicted octanol–water partition coefficient (Wildman–Crippen LogP) is 0.0636. The van der Waals surface area contributed by atoms with E-state index < -0.39 is 5.54 Å². The summed E-state index contributed by atoms with van der Waals surface area (Å²) < 4.78 is 0. The second-order valence-electron chi connectivity index (χ2n) is 5.37. The zero-order chi connectivity index (χ0) is 13.2. The van der Waals surface area contributed by atoms with Crippen LogP contribution in [0.4, 0.5) is 0 Å². The lowest BCUT2D eigenvalue weighted by atomic mass is 9.97. The fourth-order valence-electron chi connectivity index (χ4n) is 2.04. The van der Waals surface area contributed by atoms with E-state index in [1.165, 1.54) is 0 Å². The topological polar surface area (TPSA) is 52.7 Å². The Morgan fingerprint density at radius 3 is 2.53 bits per heavy atom. The average molecular weight is 241 g/mol. The number of nitrogens with zero attached hydrogens (tertiary/aromatic N) is 2. The molecule has 1 saturated heterocycles. The molecule has 1 heterocycles. The van der Waals surface area contributed by atoms with Crippen LogP contribution in [-0.2, 0) is 9.59 Å². The first-order valence-electron chi connectivity index (χ1n) is 6.06. The molecule has 1 fully saturated rings. The van der Waals surface area contributed by atoms with E-state index >= 15 is 0 Å². The number of carbonyl (C=O) groups is 2. The molecule has 98 valence electrons. The van der Waals surface area contributed by atoms with E-state index in [4.69, 9.17) is 0 Å². The molecule has 2 amide bonds. The van der Waals surface area contributed by atoms with Gasteiger partial charge in [0.05, 0.1) is 6.54 Å². The standard InChI is InChI=1S/C12H23N3O2/c1-9(2)13-8-10(16)15-7-6-14(5)11(17)12(15,3)4/h9,13H,6-8H2,1-5H3. The molecule has 0 radical (unpaired) electrons. The molecule has 0 atom stereocenters. The second-order valence-corrected chi connectivity index (χ2v) is 5.37. The van der Waals surface area contributed by atoms with Crippen molar-refractivity contribution < 1.29 is 9.59 Å². The second kappa shape index (κ2) is 5.04. The maximum atomic E-state index is 12.1. The van der Waals surface area contributed by atoms with Gasteiger partial charge in [0.25, 0.3) is 0 Å². The van der Waals surface area contributed by atoms with Gasteiger partial charge in [-0.2, -0.15) is 0 Å². The van der Waals surface area contributed by atoms with Gasteiger partial charge in [-0.1, -0.05) is 13.8 Å². The van der Waals surface area contributed by atoms with E-state index in [0.29, 0.717) is 13.1 Å². The van der Waals surface area contributed by atoms with Crippen LogP contribution in [-0.4, -0.2) is 59.9 Å². The van der Waals surface area contributed by atoms with Crippen LogP contribution in [0.15, 0.2) is 0 Å². The minimum Gasteiger partial charge on any atom is -0.342 e. The van der Waals surface area contributed by atoms with E-state index in [1.807, 2.05) is 13.8 Å². The average Bonchev–Trinajstić information content (AvgIpc) is 2.23. The van der Waals surface area contributed by atoms with Crippen LogP contribution in [0, 0.1) is 0 Å². The lowest BCUT2D eigenvalue weighted by Crippen LogP contribution is -2.64. The third-order valence-electron chi connectivity index (χ3n) is 3.17. The Morgan fingerprint density at radius 2 is 2.00 bits per heavy atom. The fraction of sp³-hybridized carbons (Fsp3) is 0.833. The third kappa shape index (κ3) is 2.97. The highest BCUT2D eigenvalue weighted by Gasteiger charge is 2.42. The van der Waals surface area contributed by atoms with Crippen molar-refractivity contribution in [1.82, 2.24) is 15.1 Å². The molecular weight excluding hydrogens is 218 g/mol. The molecule has 0 unspecified atom stereocenters. The Morgan fingerprint density at radius 1 is 1.41 bits per heavy atom. The highest BCUT2D eigenvalue weighted by molar-refractivity contribution is 5.92. The molecule has 1 rings (SSSR count). The summed E-state index contributed by atoms with van der Waals surface area (Å²) in [5, 5.41) is 3.09. The van der Waals surface area contributed by atoms with Gasteiger partial charge in [0, 0.05) is 26.2 Å². The summed E-state index contributed by atoms with van der Waals surface area (Å²) in [4.78, 5) is 27.4. The number of rotatable bonds is 3. The minimum atomic E-state index is -0.733. The summed E-state index contributed by atoms with van der Waals surface area (Å²) >= 11 is 0. The SMILES string of the molecule is CC(C)NCC(=O)N1CCN(C)C(=O)C1(C)C. The highest BCUT2D eigenvalue weighted by atomic mass is 16.2. The zero-order valence-electron chi connectivity index (χ0n) is 11.4. The Hall–Kier alpha value is -1.10. The van der Waals surface area contributed by atoms with Crippen LogP contribution in [0.1, 0.15) is 27.7 Å². The van der Waals surface area contributed by atoms with Gasteiger partial charge in [0.1, 0.15) is 5.54 Å². The first-order valence-corrected chi connectivity index (χ1v) is 6.06. The number of hydrogen-bond donors (Lipinski definition) is 1. The maximum Gasteiger partial charge on any atom is 0.247 e. The van der Waals surface area contributed by atoms with Crippen molar-refractivity contribution in [3.05, 3.63) is 0 Å². The highest BCUT2D eigenvalue weighted by Crippen LogP contribution is 2.21. The van der Waals surface area contributed by atoms with Crippen LogP contribution in [0.25, 0.3) is 0 Å². The molecule has 0 bridgehead atoms. The van der Waals surface area contributed by atoms with Crippen molar-refractivity contribution in [3.63, 3.8) is 0 Å². The Balaban J connectivity index is 2.70. The fourth-order valence-corrected chi connectivity index (χ4v) is 2.04. The summed E-state index contributed by atoms with van der Waals surface area (Å²) in [7, 11) is 1.78. The molecule has 5 heteroatoms. The molecule has 1 N–H and O–H groups in total. The van der Waals surface area contributed by atoms with Gasteiger partial charge in [-0.15, -0.1) is 0 Å². The maximum absolute atomic E-state index is 12.1.